The number of benzene rings is 1. The highest BCUT2D eigenvalue weighted by molar-refractivity contribution is 5.27. The van der Waals surface area contributed by atoms with Gasteiger partial charge in [-0.3, -0.25) is 0 Å². The number of ether oxygens (including phenoxy) is 1. The van der Waals surface area contributed by atoms with Crippen molar-refractivity contribution in [1.82, 2.24) is 5.32 Å². The Morgan fingerprint density at radius 2 is 1.96 bits per heavy atom. The molecule has 0 radical (unpaired) electrons. The van der Waals surface area contributed by atoms with Gasteiger partial charge in [-0.2, -0.15) is 0 Å². The number of methoxy groups -OCH3 is 1. The molecule has 2 atom stereocenters. The Kier molecular flexibility index (Phi) is 5.99. The Labute approximate surface area is 138 Å². The Hall–Kier alpha value is -1.62. The molecular formula is C19H27NO3. The van der Waals surface area contributed by atoms with Gasteiger partial charge in [0.25, 0.3) is 0 Å². The van der Waals surface area contributed by atoms with E-state index in [2.05, 4.69) is 17.4 Å². The van der Waals surface area contributed by atoms with E-state index < -0.39 is 5.60 Å². The van der Waals surface area contributed by atoms with Crippen LogP contribution in [0.3, 0.4) is 0 Å². The molecule has 0 fully saturated rings. The predicted octanol–water partition coefficient (Wildman–Crippen LogP) is 2.95. The van der Waals surface area contributed by atoms with Crippen molar-refractivity contribution < 1.29 is 14.3 Å². The van der Waals surface area contributed by atoms with Crippen LogP contribution in [0.5, 0.6) is 0 Å². The molecule has 23 heavy (non-hydrogen) atoms. The van der Waals surface area contributed by atoms with E-state index in [0.717, 1.165) is 23.5 Å². The van der Waals surface area contributed by atoms with Gasteiger partial charge < -0.3 is 19.6 Å². The van der Waals surface area contributed by atoms with Gasteiger partial charge in [0.1, 0.15) is 17.1 Å². The molecule has 2 N–H and O–H groups in total. The van der Waals surface area contributed by atoms with E-state index in [1.54, 1.807) is 7.11 Å². The highest BCUT2D eigenvalue weighted by Crippen LogP contribution is 2.26. The predicted molar refractivity (Wildman–Crippen MR) is 91.6 cm³/mol. The zero-order valence-corrected chi connectivity index (χ0v) is 14.4. The lowest BCUT2D eigenvalue weighted by molar-refractivity contribution is 0.0475. The fourth-order valence-electron chi connectivity index (χ4n) is 2.89. The molecule has 0 aliphatic carbocycles. The summed E-state index contributed by atoms with van der Waals surface area (Å²) in [5, 5.41) is 14.2. The van der Waals surface area contributed by atoms with Crippen LogP contribution in [0.2, 0.25) is 0 Å². The second-order valence-electron chi connectivity index (χ2n) is 6.32. The van der Waals surface area contributed by atoms with Crippen molar-refractivity contribution in [3.8, 4) is 0 Å². The second kappa shape index (κ2) is 7.77. The fraction of sp³-hybridized carbons (Fsp3) is 0.474. The quantitative estimate of drug-likeness (QED) is 0.786. The fourth-order valence-corrected chi connectivity index (χ4v) is 2.89. The lowest BCUT2D eigenvalue weighted by Crippen LogP contribution is -2.43. The topological polar surface area (TPSA) is 54.6 Å². The standard InChI is InChI=1S/C19H27NO3/c1-14-10-18(15(2)23-14)19(3,21)13-20-17(12-22-4)11-16-8-6-5-7-9-16/h5-10,17,20-21H,11-13H2,1-4H3. The summed E-state index contributed by atoms with van der Waals surface area (Å²) in [5.74, 6) is 1.58. The molecule has 0 amide bonds. The molecule has 4 heteroatoms. The summed E-state index contributed by atoms with van der Waals surface area (Å²) < 4.78 is 10.9. The van der Waals surface area contributed by atoms with Crippen molar-refractivity contribution in [2.24, 2.45) is 0 Å². The summed E-state index contributed by atoms with van der Waals surface area (Å²) in [7, 11) is 1.70. The lowest BCUT2D eigenvalue weighted by Gasteiger charge is -2.27. The highest BCUT2D eigenvalue weighted by Gasteiger charge is 2.28. The van der Waals surface area contributed by atoms with Crippen molar-refractivity contribution in [2.75, 3.05) is 20.3 Å². The smallest absolute Gasteiger partial charge is 0.107 e. The molecule has 2 unspecified atom stereocenters. The van der Waals surface area contributed by atoms with Crippen LogP contribution in [0, 0.1) is 13.8 Å². The largest absolute Gasteiger partial charge is 0.466 e. The number of furan rings is 1. The molecule has 1 heterocycles. The normalized spacial score (nSPS) is 15.3. The maximum atomic E-state index is 10.8. The van der Waals surface area contributed by atoms with E-state index in [1.807, 2.05) is 45.0 Å². The van der Waals surface area contributed by atoms with Gasteiger partial charge in [0, 0.05) is 25.3 Å². The summed E-state index contributed by atoms with van der Waals surface area (Å²) in [4.78, 5) is 0. The number of aliphatic hydroxyl groups is 1. The minimum atomic E-state index is -0.982. The van der Waals surface area contributed by atoms with Crippen LogP contribution in [0.25, 0.3) is 0 Å². The van der Waals surface area contributed by atoms with Gasteiger partial charge in [-0.05, 0) is 38.8 Å². The molecule has 2 rings (SSSR count). The first kappa shape index (κ1) is 17.7. The maximum Gasteiger partial charge on any atom is 0.107 e. The van der Waals surface area contributed by atoms with Crippen LogP contribution in [0.4, 0.5) is 0 Å². The molecule has 0 saturated carbocycles. The summed E-state index contributed by atoms with van der Waals surface area (Å²) >= 11 is 0. The van der Waals surface area contributed by atoms with Gasteiger partial charge >= 0.3 is 0 Å². The van der Waals surface area contributed by atoms with Crippen LogP contribution in [-0.2, 0) is 16.8 Å². The minimum Gasteiger partial charge on any atom is -0.466 e. The van der Waals surface area contributed by atoms with Crippen molar-refractivity contribution >= 4 is 0 Å². The molecule has 0 aliphatic heterocycles. The molecule has 126 valence electrons. The first-order valence-corrected chi connectivity index (χ1v) is 7.98. The van der Waals surface area contributed by atoms with E-state index in [4.69, 9.17) is 9.15 Å². The van der Waals surface area contributed by atoms with Gasteiger partial charge in [0.2, 0.25) is 0 Å². The minimum absolute atomic E-state index is 0.141. The Morgan fingerprint density at radius 1 is 1.26 bits per heavy atom. The van der Waals surface area contributed by atoms with Crippen LogP contribution in [0.1, 0.15) is 29.6 Å². The summed E-state index contributed by atoms with van der Waals surface area (Å²) in [6.07, 6.45) is 0.855. The summed E-state index contributed by atoms with van der Waals surface area (Å²) in [6, 6.07) is 12.3. The van der Waals surface area contributed by atoms with Crippen molar-refractivity contribution in [2.45, 2.75) is 38.8 Å². The van der Waals surface area contributed by atoms with Gasteiger partial charge in [-0.25, -0.2) is 0 Å². The number of hydrogen-bond donors (Lipinski definition) is 2. The van der Waals surface area contributed by atoms with E-state index in [-0.39, 0.29) is 6.04 Å². The van der Waals surface area contributed by atoms with E-state index in [1.165, 1.54) is 5.56 Å². The molecule has 1 aromatic carbocycles. The molecule has 0 aliphatic rings. The van der Waals surface area contributed by atoms with E-state index in [0.29, 0.717) is 13.2 Å². The monoisotopic (exact) mass is 317 g/mol. The maximum absolute atomic E-state index is 10.8. The highest BCUT2D eigenvalue weighted by atomic mass is 16.5. The molecular weight excluding hydrogens is 290 g/mol. The molecule has 0 saturated heterocycles. The average molecular weight is 317 g/mol. The van der Waals surface area contributed by atoms with Gasteiger partial charge in [0.15, 0.2) is 0 Å². The van der Waals surface area contributed by atoms with Gasteiger partial charge in [0.05, 0.1) is 6.61 Å². The number of rotatable bonds is 8. The summed E-state index contributed by atoms with van der Waals surface area (Å²) in [6.45, 7) is 6.61. The van der Waals surface area contributed by atoms with Gasteiger partial charge in [-0.15, -0.1) is 0 Å². The Bertz CT molecular complexity index is 604. The third kappa shape index (κ3) is 4.93. The Morgan fingerprint density at radius 3 is 2.52 bits per heavy atom. The van der Waals surface area contributed by atoms with E-state index >= 15 is 0 Å². The SMILES string of the molecule is COCC(Cc1ccccc1)NCC(C)(O)c1cc(C)oc1C. The lowest BCUT2D eigenvalue weighted by atomic mass is 9.95. The van der Waals surface area contributed by atoms with Crippen molar-refractivity contribution in [3.63, 3.8) is 0 Å². The van der Waals surface area contributed by atoms with Crippen LogP contribution in [0.15, 0.2) is 40.8 Å². The zero-order chi connectivity index (χ0) is 16.9. The first-order chi connectivity index (χ1) is 10.9. The average Bonchev–Trinajstić information content (AvgIpc) is 2.86. The van der Waals surface area contributed by atoms with Crippen molar-refractivity contribution in [3.05, 3.63) is 59.0 Å². The van der Waals surface area contributed by atoms with E-state index in [9.17, 15) is 5.11 Å². The first-order valence-electron chi connectivity index (χ1n) is 7.98. The second-order valence-corrected chi connectivity index (χ2v) is 6.32. The number of aryl methyl sites for hydroxylation is 2. The van der Waals surface area contributed by atoms with Crippen LogP contribution < -0.4 is 5.32 Å². The molecule has 0 spiro atoms. The molecule has 0 bridgehead atoms. The zero-order valence-electron chi connectivity index (χ0n) is 14.4. The van der Waals surface area contributed by atoms with Crippen molar-refractivity contribution in [1.29, 1.82) is 0 Å². The summed E-state index contributed by atoms with van der Waals surface area (Å²) in [5.41, 5.74) is 1.10. The van der Waals surface area contributed by atoms with Crippen LogP contribution >= 0.6 is 0 Å². The molecule has 1 aromatic heterocycles. The number of hydrogen-bond acceptors (Lipinski definition) is 4. The van der Waals surface area contributed by atoms with Gasteiger partial charge in [-0.1, -0.05) is 30.3 Å². The molecule has 2 aromatic rings. The third-order valence-electron chi connectivity index (χ3n) is 4.05. The Balaban J connectivity index is 2.01. The third-order valence-corrected chi connectivity index (χ3v) is 4.05. The molecule has 4 nitrogen and oxygen atoms in total. The number of nitrogens with one attached hydrogen (secondary N) is 1. The van der Waals surface area contributed by atoms with Crippen LogP contribution in [-0.4, -0.2) is 31.4 Å².